The number of carbonyl (C=O) groups excluding carboxylic acids is 2. The molecule has 1 fully saturated rings. The minimum absolute atomic E-state index is 0.107. The predicted octanol–water partition coefficient (Wildman–Crippen LogP) is 2.11. The Balaban J connectivity index is 1.99. The number of carbonyl (C=O) groups is 2. The molecule has 5 nitrogen and oxygen atoms in total. The number of hydrogen-bond acceptors (Lipinski definition) is 4. The summed E-state index contributed by atoms with van der Waals surface area (Å²) < 4.78 is 5.11. The van der Waals surface area contributed by atoms with Crippen LogP contribution in [0.15, 0.2) is 35.4 Å². The lowest BCUT2D eigenvalue weighted by Crippen LogP contribution is -2.36. The summed E-state index contributed by atoms with van der Waals surface area (Å²) >= 11 is 0. The molecule has 1 amide bonds. The van der Waals surface area contributed by atoms with Gasteiger partial charge < -0.3 is 15.4 Å². The Morgan fingerprint density at radius 2 is 1.81 bits per heavy atom. The highest BCUT2D eigenvalue weighted by Gasteiger charge is 2.16. The number of esters is 1. The number of ether oxygens (including phenoxy) is 1. The molecule has 1 aliphatic rings. The van der Waals surface area contributed by atoms with Crippen LogP contribution in [0.2, 0.25) is 0 Å². The number of hydrogen-bond donors (Lipinski definition) is 2. The summed E-state index contributed by atoms with van der Waals surface area (Å²) in [5.41, 5.74) is 3.01. The van der Waals surface area contributed by atoms with E-state index in [1.807, 2.05) is 6.92 Å². The van der Waals surface area contributed by atoms with Crippen LogP contribution in [-0.2, 0) is 9.53 Å². The van der Waals surface area contributed by atoms with Gasteiger partial charge in [-0.15, -0.1) is 0 Å². The van der Waals surface area contributed by atoms with Gasteiger partial charge >= 0.3 is 5.97 Å². The first-order valence-electron chi connectivity index (χ1n) is 6.99. The van der Waals surface area contributed by atoms with E-state index in [-0.39, 0.29) is 18.0 Å². The maximum absolute atomic E-state index is 12.0. The average Bonchev–Trinajstić information content (AvgIpc) is 2.36. The molecule has 1 aliphatic heterocycles. The van der Waals surface area contributed by atoms with Gasteiger partial charge in [0.15, 0.2) is 0 Å². The van der Waals surface area contributed by atoms with Gasteiger partial charge in [-0.3, -0.25) is 4.79 Å². The molecule has 0 atom stereocenters. The molecule has 2 N–H and O–H groups in total. The van der Waals surface area contributed by atoms with Crippen molar-refractivity contribution < 1.29 is 14.3 Å². The summed E-state index contributed by atoms with van der Waals surface area (Å²) in [6.45, 7) is 6.98. The molecule has 1 aromatic carbocycles. The topological polar surface area (TPSA) is 67.4 Å². The van der Waals surface area contributed by atoms with Crippen molar-refractivity contribution in [1.82, 2.24) is 5.32 Å². The molecule has 0 aliphatic carbocycles. The normalized spacial score (nSPS) is 13.6. The summed E-state index contributed by atoms with van der Waals surface area (Å²) in [6.07, 6.45) is -0.151. The molecule has 2 rings (SSSR count). The monoisotopic (exact) mass is 288 g/mol. The molecule has 112 valence electrons. The van der Waals surface area contributed by atoms with Crippen molar-refractivity contribution in [2.45, 2.75) is 26.9 Å². The highest BCUT2D eigenvalue weighted by atomic mass is 16.5. The number of amides is 1. The van der Waals surface area contributed by atoms with Crippen molar-refractivity contribution in [1.29, 1.82) is 0 Å². The van der Waals surface area contributed by atoms with E-state index in [1.165, 1.54) is 0 Å². The molecule has 1 heterocycles. The zero-order valence-electron chi connectivity index (χ0n) is 12.5. The second-order valence-corrected chi connectivity index (χ2v) is 5.32. The van der Waals surface area contributed by atoms with Crippen LogP contribution in [0.4, 0.5) is 5.69 Å². The van der Waals surface area contributed by atoms with Crippen molar-refractivity contribution in [3.05, 3.63) is 41.0 Å². The summed E-state index contributed by atoms with van der Waals surface area (Å²) in [4.78, 5) is 23.7. The Hall–Kier alpha value is -2.14. The number of rotatable bonds is 4. The summed E-state index contributed by atoms with van der Waals surface area (Å²) in [7, 11) is 0. The Morgan fingerprint density at radius 1 is 1.19 bits per heavy atom. The molecule has 0 aromatic heterocycles. The quantitative estimate of drug-likeness (QED) is 0.658. The van der Waals surface area contributed by atoms with Gasteiger partial charge in [0.2, 0.25) is 0 Å². The molecule has 0 bridgehead atoms. The van der Waals surface area contributed by atoms with Gasteiger partial charge in [0, 0.05) is 24.4 Å². The highest BCUT2D eigenvalue weighted by molar-refractivity contribution is 6.04. The predicted molar refractivity (Wildman–Crippen MR) is 81.2 cm³/mol. The maximum Gasteiger partial charge on any atom is 0.338 e. The van der Waals surface area contributed by atoms with Crippen LogP contribution in [-0.4, -0.2) is 31.1 Å². The fourth-order valence-electron chi connectivity index (χ4n) is 1.87. The van der Waals surface area contributed by atoms with Crippen molar-refractivity contribution >= 4 is 17.6 Å². The SMILES string of the molecule is CC(C(=O)Nc1ccc(C(=O)OC(C)C)cc1)=C1CNC1. The summed E-state index contributed by atoms with van der Waals surface area (Å²) in [5.74, 6) is -0.467. The maximum atomic E-state index is 12.0. The first-order chi connectivity index (χ1) is 9.97. The van der Waals surface area contributed by atoms with E-state index in [9.17, 15) is 9.59 Å². The number of nitrogens with one attached hydrogen (secondary N) is 2. The molecule has 1 saturated heterocycles. The molecule has 5 heteroatoms. The van der Waals surface area contributed by atoms with E-state index in [4.69, 9.17) is 4.74 Å². The molecular weight excluding hydrogens is 268 g/mol. The van der Waals surface area contributed by atoms with Crippen molar-refractivity contribution in [3.8, 4) is 0 Å². The first-order valence-corrected chi connectivity index (χ1v) is 6.99. The third-order valence-corrected chi connectivity index (χ3v) is 3.27. The Bertz CT molecular complexity index is 568. The van der Waals surface area contributed by atoms with Crippen LogP contribution in [0.5, 0.6) is 0 Å². The van der Waals surface area contributed by atoms with Gasteiger partial charge in [0.1, 0.15) is 0 Å². The summed E-state index contributed by atoms with van der Waals surface area (Å²) in [6, 6.07) is 6.69. The smallest absolute Gasteiger partial charge is 0.338 e. The van der Waals surface area contributed by atoms with Crippen LogP contribution in [0.1, 0.15) is 31.1 Å². The molecule has 0 saturated carbocycles. The van der Waals surface area contributed by atoms with Gasteiger partial charge in [0.25, 0.3) is 5.91 Å². The molecule has 21 heavy (non-hydrogen) atoms. The third-order valence-electron chi connectivity index (χ3n) is 3.27. The lowest BCUT2D eigenvalue weighted by molar-refractivity contribution is -0.112. The zero-order chi connectivity index (χ0) is 15.4. The lowest BCUT2D eigenvalue weighted by atomic mass is 10.0. The lowest BCUT2D eigenvalue weighted by Gasteiger charge is -2.21. The first kappa shape index (κ1) is 15.3. The fourth-order valence-corrected chi connectivity index (χ4v) is 1.87. The molecule has 0 unspecified atom stereocenters. The van der Waals surface area contributed by atoms with E-state index in [0.717, 1.165) is 24.2 Å². The number of anilines is 1. The Labute approximate surface area is 124 Å². The minimum Gasteiger partial charge on any atom is -0.459 e. The van der Waals surface area contributed by atoms with E-state index >= 15 is 0 Å². The van der Waals surface area contributed by atoms with Gasteiger partial charge in [-0.25, -0.2) is 4.79 Å². The molecule has 0 spiro atoms. The Kier molecular flexibility index (Phi) is 4.75. The second-order valence-electron chi connectivity index (χ2n) is 5.32. The average molecular weight is 288 g/mol. The van der Waals surface area contributed by atoms with Crippen LogP contribution in [0, 0.1) is 0 Å². The highest BCUT2D eigenvalue weighted by Crippen LogP contribution is 2.15. The van der Waals surface area contributed by atoms with Crippen molar-refractivity contribution in [2.24, 2.45) is 0 Å². The van der Waals surface area contributed by atoms with Crippen molar-refractivity contribution in [3.63, 3.8) is 0 Å². The van der Waals surface area contributed by atoms with E-state index < -0.39 is 0 Å². The molecule has 1 aromatic rings. The van der Waals surface area contributed by atoms with Gasteiger partial charge in [0.05, 0.1) is 11.7 Å². The fraction of sp³-hybridized carbons (Fsp3) is 0.375. The standard InChI is InChI=1S/C16H20N2O3/c1-10(2)21-16(20)12-4-6-14(7-5-12)18-15(19)11(3)13-8-17-9-13/h4-7,10,17H,8-9H2,1-3H3,(H,18,19). The van der Waals surface area contributed by atoms with Gasteiger partial charge in [-0.1, -0.05) is 0 Å². The van der Waals surface area contributed by atoms with Gasteiger partial charge in [-0.2, -0.15) is 0 Å². The summed E-state index contributed by atoms with van der Waals surface area (Å²) in [5, 5.41) is 5.93. The van der Waals surface area contributed by atoms with Crippen LogP contribution >= 0.6 is 0 Å². The molecule has 0 radical (unpaired) electrons. The Morgan fingerprint density at radius 3 is 2.29 bits per heavy atom. The van der Waals surface area contributed by atoms with E-state index in [2.05, 4.69) is 10.6 Å². The van der Waals surface area contributed by atoms with E-state index in [1.54, 1.807) is 38.1 Å². The second kappa shape index (κ2) is 6.54. The van der Waals surface area contributed by atoms with Crippen LogP contribution in [0.25, 0.3) is 0 Å². The van der Waals surface area contributed by atoms with Crippen molar-refractivity contribution in [2.75, 3.05) is 18.4 Å². The minimum atomic E-state index is -0.360. The largest absolute Gasteiger partial charge is 0.459 e. The third kappa shape index (κ3) is 3.92. The van der Waals surface area contributed by atoms with Crippen LogP contribution < -0.4 is 10.6 Å². The molecular formula is C16H20N2O3. The zero-order valence-corrected chi connectivity index (χ0v) is 12.5. The van der Waals surface area contributed by atoms with E-state index in [0.29, 0.717) is 11.3 Å². The van der Waals surface area contributed by atoms with Gasteiger partial charge in [-0.05, 0) is 50.6 Å². The number of benzene rings is 1. The van der Waals surface area contributed by atoms with Crippen LogP contribution in [0.3, 0.4) is 0 Å².